The summed E-state index contributed by atoms with van der Waals surface area (Å²) in [7, 11) is 0. The number of hydrogen-bond acceptors (Lipinski definition) is 5. The van der Waals surface area contributed by atoms with Gasteiger partial charge in [-0.2, -0.15) is 0 Å². The van der Waals surface area contributed by atoms with Crippen LogP contribution in [0, 0.1) is 0 Å². The molecular formula is C17H16Br2N2O5S. The molecule has 2 fully saturated rings. The van der Waals surface area contributed by atoms with Gasteiger partial charge in [-0.3, -0.25) is 14.4 Å². The normalized spacial score (nSPS) is 28.3. The van der Waals surface area contributed by atoms with Gasteiger partial charge < -0.3 is 15.3 Å². The van der Waals surface area contributed by atoms with Crippen molar-refractivity contribution >= 4 is 67.2 Å². The molecule has 1 aromatic rings. The third-order valence-corrected chi connectivity index (χ3v) is 7.79. The molecule has 2 aliphatic heterocycles. The molecule has 0 unspecified atom stereocenters. The Hall–Kier alpha value is -1.39. The zero-order valence-corrected chi connectivity index (χ0v) is 18.6. The number of hydrogen-bond donors (Lipinski definition) is 2. The summed E-state index contributed by atoms with van der Waals surface area (Å²) in [4.78, 5) is 51.2. The fraction of sp³-hybridized carbons (Fsp3) is 0.412. The van der Waals surface area contributed by atoms with Crippen molar-refractivity contribution in [3.63, 3.8) is 0 Å². The molecule has 0 bridgehead atoms. The first-order valence-electron chi connectivity index (χ1n) is 7.96. The molecule has 2 amide bonds. The molecule has 2 saturated heterocycles. The van der Waals surface area contributed by atoms with Crippen LogP contribution in [0.4, 0.5) is 0 Å². The Morgan fingerprint density at radius 3 is 2.26 bits per heavy atom. The van der Waals surface area contributed by atoms with Crippen LogP contribution >= 0.6 is 43.6 Å². The zero-order chi connectivity index (χ0) is 20.3. The van der Waals surface area contributed by atoms with Crippen LogP contribution in [-0.2, 0) is 14.4 Å². The van der Waals surface area contributed by atoms with Gasteiger partial charge in [0.25, 0.3) is 11.8 Å². The molecule has 27 heavy (non-hydrogen) atoms. The van der Waals surface area contributed by atoms with Gasteiger partial charge in [-0.05, 0) is 64.8 Å². The molecule has 0 saturated carbocycles. The lowest BCUT2D eigenvalue weighted by Crippen LogP contribution is -2.82. The van der Waals surface area contributed by atoms with Crippen molar-refractivity contribution in [1.29, 1.82) is 0 Å². The van der Waals surface area contributed by atoms with E-state index in [1.54, 1.807) is 32.0 Å². The summed E-state index contributed by atoms with van der Waals surface area (Å²) in [5, 5.41) is 11.4. The number of nitrogens with one attached hydrogen (secondary N) is 1. The highest BCUT2D eigenvalue weighted by Crippen LogP contribution is 2.55. The van der Waals surface area contributed by atoms with E-state index in [9.17, 15) is 24.3 Å². The maximum Gasteiger partial charge on any atom is 0.327 e. The highest BCUT2D eigenvalue weighted by molar-refractivity contribution is 9.11. The fourth-order valence-electron chi connectivity index (χ4n) is 3.54. The van der Waals surface area contributed by atoms with E-state index in [-0.39, 0.29) is 5.56 Å². The minimum absolute atomic E-state index is 0.251. The quantitative estimate of drug-likeness (QED) is 0.467. The molecule has 0 aliphatic carbocycles. The molecule has 3 rings (SSSR count). The largest absolute Gasteiger partial charge is 0.480 e. The Morgan fingerprint density at radius 1 is 1.22 bits per heavy atom. The number of benzene rings is 1. The van der Waals surface area contributed by atoms with Crippen LogP contribution in [0.3, 0.4) is 0 Å². The third-order valence-electron chi connectivity index (χ3n) is 4.84. The number of carboxylic acid groups (broad SMARTS) is 1. The number of ketones is 1. The van der Waals surface area contributed by atoms with Crippen LogP contribution in [-0.4, -0.2) is 55.3 Å². The van der Waals surface area contributed by atoms with Crippen molar-refractivity contribution in [2.24, 2.45) is 0 Å². The van der Waals surface area contributed by atoms with Crippen molar-refractivity contribution in [3.05, 3.63) is 32.7 Å². The summed E-state index contributed by atoms with van der Waals surface area (Å²) in [5.74, 6) is -2.96. The van der Waals surface area contributed by atoms with Crippen molar-refractivity contribution < 1.29 is 24.3 Å². The van der Waals surface area contributed by atoms with E-state index < -0.39 is 45.3 Å². The average Bonchev–Trinajstić information content (AvgIpc) is 2.81. The number of fused-ring (bicyclic) bond motifs is 1. The van der Waals surface area contributed by atoms with Gasteiger partial charge in [-0.1, -0.05) is 6.07 Å². The van der Waals surface area contributed by atoms with Crippen LogP contribution in [0.1, 0.15) is 31.1 Å². The summed E-state index contributed by atoms with van der Waals surface area (Å²) in [6.45, 7) is 4.64. The first-order chi connectivity index (χ1) is 12.4. The molecule has 1 aromatic carbocycles. The molecule has 10 heteroatoms. The fourth-order valence-corrected chi connectivity index (χ4v) is 6.65. The van der Waals surface area contributed by atoms with Crippen molar-refractivity contribution in [3.8, 4) is 0 Å². The molecule has 7 nitrogen and oxygen atoms in total. The Kier molecular flexibility index (Phi) is 4.97. The Bertz CT molecular complexity index is 870. The summed E-state index contributed by atoms with van der Waals surface area (Å²) in [6.07, 6.45) is 0. The Labute approximate surface area is 176 Å². The predicted octanol–water partition coefficient (Wildman–Crippen LogP) is 2.42. The van der Waals surface area contributed by atoms with Gasteiger partial charge >= 0.3 is 5.97 Å². The van der Waals surface area contributed by atoms with Gasteiger partial charge in [0.05, 0.1) is 5.56 Å². The number of carbonyl (C=O) groups is 4. The van der Waals surface area contributed by atoms with Crippen LogP contribution in [0.5, 0.6) is 0 Å². The first-order valence-corrected chi connectivity index (χ1v) is 10.4. The summed E-state index contributed by atoms with van der Waals surface area (Å²) >= 11 is 7.80. The topological polar surface area (TPSA) is 104 Å². The maximum absolute atomic E-state index is 12.9. The van der Waals surface area contributed by atoms with Crippen LogP contribution in [0.25, 0.3) is 0 Å². The molecule has 144 valence electrons. The smallest absolute Gasteiger partial charge is 0.327 e. The SMILES string of the molecule is CC(=O)[C@]1(NC(=O)c2c(Br)cccc2Br)C(=O)N2[C@@H](C(=O)O)C(C)(C)S[C@@H]21. The molecule has 2 aliphatic rings. The van der Waals surface area contributed by atoms with E-state index in [2.05, 4.69) is 37.2 Å². The lowest BCUT2D eigenvalue weighted by molar-refractivity contribution is -0.170. The number of amides is 2. The number of nitrogens with zero attached hydrogens (tertiary/aromatic N) is 1. The molecule has 2 N–H and O–H groups in total. The second-order valence-electron chi connectivity index (χ2n) is 6.94. The molecule has 3 atom stereocenters. The summed E-state index contributed by atoms with van der Waals surface area (Å²) in [5.41, 5.74) is -1.53. The van der Waals surface area contributed by atoms with Gasteiger partial charge in [0.2, 0.25) is 5.54 Å². The second-order valence-corrected chi connectivity index (χ2v) is 10.4. The highest BCUT2D eigenvalue weighted by atomic mass is 79.9. The minimum Gasteiger partial charge on any atom is -0.480 e. The van der Waals surface area contributed by atoms with E-state index in [0.29, 0.717) is 8.95 Å². The van der Waals surface area contributed by atoms with E-state index in [0.717, 1.165) is 0 Å². The number of Topliss-reactive ketones (excluding diaryl/α,β-unsaturated/α-hetero) is 1. The monoisotopic (exact) mass is 518 g/mol. The van der Waals surface area contributed by atoms with E-state index in [1.807, 2.05) is 0 Å². The molecule has 2 heterocycles. The lowest BCUT2D eigenvalue weighted by Gasteiger charge is -2.51. The average molecular weight is 520 g/mol. The van der Waals surface area contributed by atoms with Crippen molar-refractivity contribution in [2.75, 3.05) is 0 Å². The number of carboxylic acids is 1. The minimum atomic E-state index is -1.78. The van der Waals surface area contributed by atoms with Gasteiger partial charge in [-0.25, -0.2) is 4.79 Å². The highest BCUT2D eigenvalue weighted by Gasteiger charge is 2.74. The van der Waals surface area contributed by atoms with Crippen LogP contribution in [0.2, 0.25) is 0 Å². The molecule has 0 spiro atoms. The molecular weight excluding hydrogens is 504 g/mol. The van der Waals surface area contributed by atoms with Gasteiger partial charge in [0.15, 0.2) is 5.78 Å². The molecule has 0 aromatic heterocycles. The standard InChI is InChI=1S/C17H16Br2N2O5S/c1-7(22)17(20-12(23)10-8(18)5-4-6-9(10)19)14(26)21-11(13(24)25)16(2,3)27-15(17)21/h4-6,11,15H,1-3H3,(H,20,23)(H,24,25)/t11-,15+,17-/m0/s1. The van der Waals surface area contributed by atoms with Gasteiger partial charge in [-0.15, -0.1) is 11.8 Å². The maximum atomic E-state index is 12.9. The number of aliphatic carboxylic acids is 1. The Balaban J connectivity index is 2.00. The number of carbonyl (C=O) groups excluding carboxylic acids is 3. The Morgan fingerprint density at radius 2 is 1.78 bits per heavy atom. The van der Waals surface area contributed by atoms with Crippen LogP contribution in [0.15, 0.2) is 27.1 Å². The van der Waals surface area contributed by atoms with E-state index >= 15 is 0 Å². The van der Waals surface area contributed by atoms with Gasteiger partial charge in [0.1, 0.15) is 11.4 Å². The van der Waals surface area contributed by atoms with Gasteiger partial charge in [0, 0.05) is 13.7 Å². The van der Waals surface area contributed by atoms with Crippen LogP contribution < -0.4 is 5.32 Å². The second kappa shape index (κ2) is 6.59. The van der Waals surface area contributed by atoms with Crippen molar-refractivity contribution in [1.82, 2.24) is 10.2 Å². The summed E-state index contributed by atoms with van der Waals surface area (Å²) in [6, 6.07) is 4.00. The lowest BCUT2D eigenvalue weighted by atomic mass is 9.81. The predicted molar refractivity (Wildman–Crippen MR) is 106 cm³/mol. The summed E-state index contributed by atoms with van der Waals surface area (Å²) < 4.78 is 0.196. The third kappa shape index (κ3) is 2.84. The number of halogens is 2. The number of rotatable bonds is 4. The first kappa shape index (κ1) is 20.3. The number of β-lactam (4-membered cyclic amide) rings is 1. The number of thioether (sulfide) groups is 1. The zero-order valence-electron chi connectivity index (χ0n) is 14.6. The molecule has 0 radical (unpaired) electrons. The van der Waals surface area contributed by atoms with Crippen molar-refractivity contribution in [2.45, 2.75) is 42.5 Å². The van der Waals surface area contributed by atoms with E-state index in [4.69, 9.17) is 0 Å². The van der Waals surface area contributed by atoms with E-state index in [1.165, 1.54) is 23.6 Å².